The van der Waals surface area contributed by atoms with E-state index in [9.17, 15) is 10.1 Å². The van der Waals surface area contributed by atoms with Crippen LogP contribution >= 0.6 is 0 Å². The first-order chi connectivity index (χ1) is 17.7. The van der Waals surface area contributed by atoms with Crippen LogP contribution in [-0.2, 0) is 10.3 Å². The molecule has 5 rings (SSSR count). The second-order valence-electron chi connectivity index (χ2n) is 9.35. The summed E-state index contributed by atoms with van der Waals surface area (Å²) in [6.45, 7) is 6.24. The van der Waals surface area contributed by atoms with Crippen LogP contribution in [0.4, 0.5) is 5.95 Å². The van der Waals surface area contributed by atoms with Crippen molar-refractivity contribution in [1.82, 2.24) is 34.7 Å². The van der Waals surface area contributed by atoms with E-state index in [0.717, 1.165) is 22.2 Å². The Balaban J connectivity index is 1.75. The number of nitriles is 1. The van der Waals surface area contributed by atoms with Gasteiger partial charge >= 0.3 is 5.97 Å². The molecular weight excluding hydrogens is 470 g/mol. The van der Waals surface area contributed by atoms with Gasteiger partial charge in [-0.25, -0.2) is 24.7 Å². The SMILES string of the molecule is COC(=O)c1nc(-c2ccc(C#N)cc2-c2nc3cc(-c4cnc(N)nc4)ccc3n2C(C)(C)C)n[nH]1. The molecule has 0 atom stereocenters. The van der Waals surface area contributed by atoms with Crippen LogP contribution in [0.3, 0.4) is 0 Å². The summed E-state index contributed by atoms with van der Waals surface area (Å²) in [5.74, 6) is 0.468. The number of nitrogen functional groups attached to an aromatic ring is 1. The molecule has 3 heterocycles. The van der Waals surface area contributed by atoms with Crippen LogP contribution in [0.1, 0.15) is 37.0 Å². The van der Waals surface area contributed by atoms with Crippen molar-refractivity contribution in [2.24, 2.45) is 0 Å². The van der Waals surface area contributed by atoms with E-state index in [1.807, 2.05) is 18.2 Å². The Bertz CT molecular complexity index is 1690. The number of aromatic nitrogens is 7. The van der Waals surface area contributed by atoms with Gasteiger partial charge in [0.15, 0.2) is 5.82 Å². The second-order valence-corrected chi connectivity index (χ2v) is 9.35. The van der Waals surface area contributed by atoms with Crippen molar-refractivity contribution < 1.29 is 9.53 Å². The Morgan fingerprint density at radius 1 is 1.05 bits per heavy atom. The maximum Gasteiger partial charge on any atom is 0.375 e. The molecule has 3 aromatic heterocycles. The lowest BCUT2D eigenvalue weighted by Gasteiger charge is -2.25. The number of nitrogens with zero attached hydrogens (tertiary/aromatic N) is 7. The highest BCUT2D eigenvalue weighted by Crippen LogP contribution is 2.37. The van der Waals surface area contributed by atoms with Crippen molar-refractivity contribution in [3.8, 4) is 40.0 Å². The molecule has 0 spiro atoms. The van der Waals surface area contributed by atoms with Crippen LogP contribution < -0.4 is 5.73 Å². The number of fused-ring (bicyclic) bond motifs is 1. The standard InChI is InChI=1S/C26H23N9O2/c1-26(2,3)35-20-8-6-15(16-12-29-25(28)30-13-16)10-19(20)31-23(35)18-9-14(11-27)5-7-17(18)21-32-22(34-33-21)24(36)37-4/h5-10,12-13H,1-4H3,(H2,28,29,30)(H,32,33,34). The zero-order chi connectivity index (χ0) is 26.3. The molecule has 0 saturated heterocycles. The van der Waals surface area contributed by atoms with Crippen LogP contribution in [0.2, 0.25) is 0 Å². The molecule has 37 heavy (non-hydrogen) atoms. The Labute approximate surface area is 212 Å². The van der Waals surface area contributed by atoms with Crippen molar-refractivity contribution in [2.75, 3.05) is 12.8 Å². The predicted octanol–water partition coefficient (Wildman–Crippen LogP) is 3.94. The third-order valence-corrected chi connectivity index (χ3v) is 5.83. The number of carbonyl (C=O) groups is 1. The molecule has 3 N–H and O–H groups in total. The van der Waals surface area contributed by atoms with Crippen molar-refractivity contribution in [3.63, 3.8) is 0 Å². The lowest BCUT2D eigenvalue weighted by Crippen LogP contribution is -2.22. The van der Waals surface area contributed by atoms with Crippen LogP contribution in [0, 0.1) is 11.3 Å². The number of carbonyl (C=O) groups excluding carboxylic acids is 1. The van der Waals surface area contributed by atoms with Gasteiger partial charge in [-0.1, -0.05) is 6.07 Å². The average molecular weight is 494 g/mol. The van der Waals surface area contributed by atoms with E-state index in [1.54, 1.807) is 30.6 Å². The number of hydrogen-bond donors (Lipinski definition) is 2. The lowest BCUT2D eigenvalue weighted by atomic mass is 10.0. The normalized spacial score (nSPS) is 11.4. The number of esters is 1. The van der Waals surface area contributed by atoms with Gasteiger partial charge < -0.3 is 15.0 Å². The molecule has 0 aliphatic rings. The molecule has 0 aliphatic carbocycles. The zero-order valence-corrected chi connectivity index (χ0v) is 20.6. The second kappa shape index (κ2) is 8.83. The third-order valence-electron chi connectivity index (χ3n) is 5.83. The van der Waals surface area contributed by atoms with Gasteiger partial charge in [0.2, 0.25) is 11.8 Å². The highest BCUT2D eigenvalue weighted by Gasteiger charge is 2.26. The van der Waals surface area contributed by atoms with Crippen molar-refractivity contribution in [3.05, 3.63) is 60.2 Å². The minimum Gasteiger partial charge on any atom is -0.463 e. The summed E-state index contributed by atoms with van der Waals surface area (Å²) in [4.78, 5) is 29.5. The van der Waals surface area contributed by atoms with Crippen LogP contribution in [0.5, 0.6) is 0 Å². The van der Waals surface area contributed by atoms with Gasteiger partial charge in [-0.2, -0.15) is 10.4 Å². The third kappa shape index (κ3) is 4.25. The fourth-order valence-electron chi connectivity index (χ4n) is 4.17. The molecule has 0 fully saturated rings. The quantitative estimate of drug-likeness (QED) is 0.353. The van der Waals surface area contributed by atoms with E-state index in [4.69, 9.17) is 15.5 Å². The Kier molecular flexibility index (Phi) is 5.64. The minimum atomic E-state index is -0.630. The zero-order valence-electron chi connectivity index (χ0n) is 20.6. The summed E-state index contributed by atoms with van der Waals surface area (Å²) in [7, 11) is 1.27. The number of methoxy groups -OCH3 is 1. The molecule has 0 unspecified atom stereocenters. The minimum absolute atomic E-state index is 0.0208. The summed E-state index contributed by atoms with van der Waals surface area (Å²) in [6.07, 6.45) is 3.34. The van der Waals surface area contributed by atoms with Gasteiger partial charge in [-0.05, 0) is 56.7 Å². The maximum absolute atomic E-state index is 12.0. The van der Waals surface area contributed by atoms with Gasteiger partial charge in [0.25, 0.3) is 0 Å². The highest BCUT2D eigenvalue weighted by atomic mass is 16.5. The van der Waals surface area contributed by atoms with E-state index in [2.05, 4.69) is 56.6 Å². The molecule has 11 heteroatoms. The molecule has 5 aromatic rings. The largest absolute Gasteiger partial charge is 0.463 e. The van der Waals surface area contributed by atoms with Gasteiger partial charge in [-0.15, -0.1) is 0 Å². The monoisotopic (exact) mass is 493 g/mol. The van der Waals surface area contributed by atoms with Gasteiger partial charge in [0.1, 0.15) is 5.82 Å². The first-order valence-corrected chi connectivity index (χ1v) is 11.4. The summed E-state index contributed by atoms with van der Waals surface area (Å²) < 4.78 is 6.86. The fourth-order valence-corrected chi connectivity index (χ4v) is 4.17. The number of nitrogens with one attached hydrogen (secondary N) is 1. The van der Waals surface area contributed by atoms with E-state index in [0.29, 0.717) is 22.5 Å². The van der Waals surface area contributed by atoms with Crippen LogP contribution in [0.25, 0.3) is 44.9 Å². The van der Waals surface area contributed by atoms with E-state index < -0.39 is 5.97 Å². The molecule has 184 valence electrons. The number of hydrogen-bond acceptors (Lipinski definition) is 9. The number of anilines is 1. The van der Waals surface area contributed by atoms with Gasteiger partial charge in [0.05, 0.1) is 29.8 Å². The fraction of sp³-hybridized carbons (Fsp3) is 0.192. The van der Waals surface area contributed by atoms with Gasteiger partial charge in [-0.3, -0.25) is 5.10 Å². The molecular formula is C26H23N9O2. The predicted molar refractivity (Wildman–Crippen MR) is 137 cm³/mol. The molecule has 0 saturated carbocycles. The molecule has 11 nitrogen and oxygen atoms in total. The van der Waals surface area contributed by atoms with Gasteiger partial charge in [0, 0.05) is 34.6 Å². The van der Waals surface area contributed by atoms with Crippen molar-refractivity contribution >= 4 is 23.0 Å². The molecule has 0 bridgehead atoms. The van der Waals surface area contributed by atoms with E-state index in [1.165, 1.54) is 7.11 Å². The number of H-pyrrole nitrogens is 1. The number of rotatable bonds is 4. The first-order valence-electron chi connectivity index (χ1n) is 11.4. The van der Waals surface area contributed by atoms with E-state index >= 15 is 0 Å². The Hall–Kier alpha value is -5.11. The summed E-state index contributed by atoms with van der Waals surface area (Å²) in [5, 5.41) is 16.5. The first kappa shape index (κ1) is 23.6. The highest BCUT2D eigenvalue weighted by molar-refractivity contribution is 5.90. The number of benzene rings is 2. The topological polar surface area (TPSA) is 161 Å². The van der Waals surface area contributed by atoms with Crippen LogP contribution in [0.15, 0.2) is 48.8 Å². The van der Waals surface area contributed by atoms with Crippen LogP contribution in [-0.4, -0.2) is 47.8 Å². The average Bonchev–Trinajstić information content (AvgIpc) is 3.53. The smallest absolute Gasteiger partial charge is 0.375 e. The number of nitrogens with two attached hydrogens (primary N) is 1. The maximum atomic E-state index is 12.0. The number of imidazole rings is 1. The van der Waals surface area contributed by atoms with E-state index in [-0.39, 0.29) is 23.1 Å². The number of aromatic amines is 1. The Morgan fingerprint density at radius 3 is 2.49 bits per heavy atom. The molecule has 0 aliphatic heterocycles. The van der Waals surface area contributed by atoms with Crippen molar-refractivity contribution in [2.45, 2.75) is 26.3 Å². The van der Waals surface area contributed by atoms with Crippen molar-refractivity contribution in [1.29, 1.82) is 5.26 Å². The number of ether oxygens (including phenoxy) is 1. The molecule has 0 amide bonds. The summed E-state index contributed by atoms with van der Waals surface area (Å²) >= 11 is 0. The lowest BCUT2D eigenvalue weighted by molar-refractivity contribution is 0.0587. The summed E-state index contributed by atoms with van der Waals surface area (Å²) in [5.41, 5.74) is 10.3. The molecule has 0 radical (unpaired) electrons. The summed E-state index contributed by atoms with van der Waals surface area (Å²) in [6, 6.07) is 13.3. The Morgan fingerprint density at radius 2 is 1.81 bits per heavy atom. The molecule has 2 aromatic carbocycles.